The molecule has 0 bridgehead atoms. The highest BCUT2D eigenvalue weighted by atomic mass is 35.5. The van der Waals surface area contributed by atoms with Crippen LogP contribution in [0.3, 0.4) is 0 Å². The van der Waals surface area contributed by atoms with Gasteiger partial charge in [-0.2, -0.15) is 0 Å². The van der Waals surface area contributed by atoms with E-state index in [0.717, 1.165) is 25.2 Å². The smallest absolute Gasteiger partial charge is 0.123 e. The molecule has 0 saturated carbocycles. The third kappa shape index (κ3) is 5.03. The molecular formula is C16H20Cl2O2S. The van der Waals surface area contributed by atoms with Gasteiger partial charge in [0.05, 0.1) is 12.5 Å². The van der Waals surface area contributed by atoms with Gasteiger partial charge in [0.15, 0.2) is 0 Å². The third-order valence-corrected chi connectivity index (χ3v) is 4.44. The highest BCUT2D eigenvalue weighted by Crippen LogP contribution is 2.32. The van der Waals surface area contributed by atoms with E-state index in [-0.39, 0.29) is 0 Å². The van der Waals surface area contributed by atoms with E-state index in [4.69, 9.17) is 32.7 Å². The van der Waals surface area contributed by atoms with E-state index < -0.39 is 0 Å². The normalized spacial score (nSPS) is 11.2. The molecule has 0 spiro atoms. The van der Waals surface area contributed by atoms with E-state index in [1.165, 1.54) is 20.5 Å². The molecule has 116 valence electrons. The fraction of sp³-hybridized carbons (Fsp3) is 0.500. The van der Waals surface area contributed by atoms with Crippen LogP contribution in [0.4, 0.5) is 0 Å². The molecule has 1 heterocycles. The largest absolute Gasteiger partial charge is 0.492 e. The van der Waals surface area contributed by atoms with E-state index in [2.05, 4.69) is 25.1 Å². The van der Waals surface area contributed by atoms with Gasteiger partial charge in [-0.1, -0.05) is 0 Å². The number of fused-ring (bicyclic) bond motifs is 1. The first kappa shape index (κ1) is 16.9. The molecule has 21 heavy (non-hydrogen) atoms. The standard InChI is InChI=1S/C16H20Cl2O2S/c1-12-9-14-10-15(20-8-5-18)13(11-16(14)21-12)3-2-6-19-7-4-17/h9-11H,2-8H2,1H3. The van der Waals surface area contributed by atoms with E-state index in [9.17, 15) is 0 Å². The van der Waals surface area contributed by atoms with Crippen LogP contribution >= 0.6 is 34.5 Å². The number of hydrogen-bond donors (Lipinski definition) is 0. The van der Waals surface area contributed by atoms with Crippen molar-refractivity contribution in [1.29, 1.82) is 0 Å². The number of thiophene rings is 1. The number of ether oxygens (including phenoxy) is 2. The molecule has 0 unspecified atom stereocenters. The maximum atomic E-state index is 5.79. The monoisotopic (exact) mass is 346 g/mol. The van der Waals surface area contributed by atoms with Crippen molar-refractivity contribution in [3.8, 4) is 5.75 Å². The number of halogens is 2. The number of alkyl halides is 2. The first-order valence-corrected chi connectivity index (χ1v) is 8.98. The number of hydrogen-bond acceptors (Lipinski definition) is 3. The second-order valence-corrected chi connectivity index (χ2v) is 6.84. The van der Waals surface area contributed by atoms with Crippen LogP contribution in [0.15, 0.2) is 18.2 Å². The van der Waals surface area contributed by atoms with Gasteiger partial charge in [0.2, 0.25) is 0 Å². The Morgan fingerprint density at radius 3 is 2.62 bits per heavy atom. The molecule has 2 rings (SSSR count). The van der Waals surface area contributed by atoms with E-state index in [1.807, 2.05) is 11.3 Å². The van der Waals surface area contributed by atoms with Crippen molar-refractivity contribution in [3.05, 3.63) is 28.6 Å². The van der Waals surface area contributed by atoms with Crippen LogP contribution in [-0.2, 0) is 11.2 Å². The lowest BCUT2D eigenvalue weighted by atomic mass is 10.1. The van der Waals surface area contributed by atoms with E-state index in [1.54, 1.807) is 0 Å². The van der Waals surface area contributed by atoms with Crippen molar-refractivity contribution < 1.29 is 9.47 Å². The summed E-state index contributed by atoms with van der Waals surface area (Å²) < 4.78 is 12.5. The second kappa shape index (κ2) is 8.84. The molecule has 0 aliphatic rings. The molecule has 2 aromatic rings. The maximum Gasteiger partial charge on any atom is 0.123 e. The lowest BCUT2D eigenvalue weighted by Gasteiger charge is -2.11. The molecule has 0 atom stereocenters. The molecule has 1 aromatic heterocycles. The summed E-state index contributed by atoms with van der Waals surface area (Å²) in [6, 6.07) is 6.55. The molecule has 0 amide bonds. The fourth-order valence-corrected chi connectivity index (χ4v) is 3.40. The second-order valence-electron chi connectivity index (χ2n) is 4.80. The third-order valence-electron chi connectivity index (χ3n) is 3.11. The van der Waals surface area contributed by atoms with Crippen LogP contribution in [0.5, 0.6) is 5.75 Å². The Bertz CT molecular complexity index is 569. The summed E-state index contributed by atoms with van der Waals surface area (Å²) in [4.78, 5) is 1.32. The minimum Gasteiger partial charge on any atom is -0.492 e. The van der Waals surface area contributed by atoms with Gasteiger partial charge in [0.25, 0.3) is 0 Å². The Kier molecular flexibility index (Phi) is 7.11. The summed E-state index contributed by atoms with van der Waals surface area (Å²) in [5.41, 5.74) is 1.23. The van der Waals surface area contributed by atoms with Crippen molar-refractivity contribution in [1.82, 2.24) is 0 Å². The Hall–Kier alpha value is -0.480. The minimum absolute atomic E-state index is 0.499. The van der Waals surface area contributed by atoms with Crippen LogP contribution in [0, 0.1) is 6.92 Å². The van der Waals surface area contributed by atoms with Gasteiger partial charge in [0.1, 0.15) is 12.4 Å². The predicted octanol–water partition coefficient (Wildman–Crippen LogP) is 5.02. The molecule has 5 heteroatoms. The minimum atomic E-state index is 0.499. The summed E-state index contributed by atoms with van der Waals surface area (Å²) in [7, 11) is 0. The fourth-order valence-electron chi connectivity index (χ4n) is 2.24. The molecule has 0 aliphatic carbocycles. The van der Waals surface area contributed by atoms with E-state index >= 15 is 0 Å². The van der Waals surface area contributed by atoms with Crippen LogP contribution in [0.1, 0.15) is 16.9 Å². The molecule has 1 aromatic carbocycles. The Balaban J connectivity index is 2.09. The van der Waals surface area contributed by atoms with Crippen molar-refractivity contribution in [3.63, 3.8) is 0 Å². The van der Waals surface area contributed by atoms with Crippen molar-refractivity contribution in [2.24, 2.45) is 0 Å². The van der Waals surface area contributed by atoms with Crippen molar-refractivity contribution >= 4 is 44.6 Å². The average Bonchev–Trinajstić information content (AvgIpc) is 2.83. The number of aryl methyl sites for hydroxylation is 2. The quantitative estimate of drug-likeness (QED) is 0.469. The van der Waals surface area contributed by atoms with Gasteiger partial charge < -0.3 is 9.47 Å². The van der Waals surface area contributed by atoms with Crippen molar-refractivity contribution in [2.75, 3.05) is 31.6 Å². The predicted molar refractivity (Wildman–Crippen MR) is 92.6 cm³/mol. The maximum absolute atomic E-state index is 5.79. The van der Waals surface area contributed by atoms with Gasteiger partial charge in [-0.15, -0.1) is 34.5 Å². The summed E-state index contributed by atoms with van der Waals surface area (Å²) in [6.07, 6.45) is 1.90. The van der Waals surface area contributed by atoms with E-state index in [0.29, 0.717) is 25.0 Å². The Labute approximate surface area is 140 Å². The summed E-state index contributed by atoms with van der Waals surface area (Å²) >= 11 is 13.1. The van der Waals surface area contributed by atoms with Gasteiger partial charge >= 0.3 is 0 Å². The first-order valence-electron chi connectivity index (χ1n) is 7.10. The molecule has 0 radical (unpaired) electrons. The molecule has 0 N–H and O–H groups in total. The summed E-state index contributed by atoms with van der Waals surface area (Å²) in [6.45, 7) is 4.00. The molecule has 0 fully saturated rings. The Morgan fingerprint density at radius 2 is 1.86 bits per heavy atom. The van der Waals surface area contributed by atoms with Gasteiger partial charge in [-0.25, -0.2) is 0 Å². The molecular weight excluding hydrogens is 327 g/mol. The highest BCUT2D eigenvalue weighted by molar-refractivity contribution is 7.19. The van der Waals surface area contributed by atoms with Gasteiger partial charge in [-0.3, -0.25) is 0 Å². The Morgan fingerprint density at radius 1 is 1.05 bits per heavy atom. The number of benzene rings is 1. The highest BCUT2D eigenvalue weighted by Gasteiger charge is 2.08. The van der Waals surface area contributed by atoms with Gasteiger partial charge in [0, 0.05) is 22.1 Å². The van der Waals surface area contributed by atoms with Crippen molar-refractivity contribution in [2.45, 2.75) is 19.8 Å². The summed E-state index contributed by atoms with van der Waals surface area (Å²) in [5.74, 6) is 1.99. The average molecular weight is 347 g/mol. The molecule has 0 saturated heterocycles. The molecule has 0 aliphatic heterocycles. The van der Waals surface area contributed by atoms with Crippen LogP contribution < -0.4 is 4.74 Å². The van der Waals surface area contributed by atoms with Crippen LogP contribution in [-0.4, -0.2) is 31.6 Å². The zero-order valence-corrected chi connectivity index (χ0v) is 14.5. The lowest BCUT2D eigenvalue weighted by molar-refractivity contribution is 0.146. The zero-order chi connectivity index (χ0) is 15.1. The zero-order valence-electron chi connectivity index (χ0n) is 12.2. The van der Waals surface area contributed by atoms with Crippen LogP contribution in [0.25, 0.3) is 10.1 Å². The first-order chi connectivity index (χ1) is 10.2. The van der Waals surface area contributed by atoms with Gasteiger partial charge in [-0.05, 0) is 48.9 Å². The molecule has 2 nitrogen and oxygen atoms in total. The SMILES string of the molecule is Cc1cc2cc(OCCCl)c(CCCOCCCl)cc2s1. The lowest BCUT2D eigenvalue weighted by Crippen LogP contribution is -2.03. The number of rotatable bonds is 9. The topological polar surface area (TPSA) is 18.5 Å². The summed E-state index contributed by atoms with van der Waals surface area (Å²) in [5, 5.41) is 1.24. The van der Waals surface area contributed by atoms with Crippen LogP contribution in [0.2, 0.25) is 0 Å².